The first kappa shape index (κ1) is 13.9. The summed E-state index contributed by atoms with van der Waals surface area (Å²) in [5.74, 6) is 0.256. The fraction of sp³-hybridized carbons (Fsp3) is 0.786. The van der Waals surface area contributed by atoms with E-state index in [1.54, 1.807) is 0 Å². The van der Waals surface area contributed by atoms with Crippen molar-refractivity contribution >= 4 is 17.5 Å². The Morgan fingerprint density at radius 2 is 2.28 bits per heavy atom. The van der Waals surface area contributed by atoms with Gasteiger partial charge >= 0.3 is 0 Å². The number of hydrogen-bond acceptors (Lipinski definition) is 1. The molecule has 2 aliphatic rings. The molecule has 2 nitrogen and oxygen atoms in total. The molecule has 18 heavy (non-hydrogen) atoms. The zero-order valence-electron chi connectivity index (χ0n) is 10.9. The van der Waals surface area contributed by atoms with Gasteiger partial charge in [0, 0.05) is 24.0 Å². The lowest BCUT2D eigenvalue weighted by molar-refractivity contribution is -0.133. The van der Waals surface area contributed by atoms with Crippen LogP contribution in [0.4, 0.5) is 4.39 Å². The van der Waals surface area contributed by atoms with Gasteiger partial charge in [-0.2, -0.15) is 0 Å². The third-order valence-corrected chi connectivity index (χ3v) is 3.92. The number of halogens is 2. The number of nitrogens with zero attached hydrogens (tertiary/aromatic N) is 1. The zero-order valence-corrected chi connectivity index (χ0v) is 11.6. The molecule has 1 unspecified atom stereocenters. The molecule has 0 N–H and O–H groups in total. The smallest absolute Gasteiger partial charge is 0.223 e. The first-order chi connectivity index (χ1) is 8.60. The van der Waals surface area contributed by atoms with Crippen molar-refractivity contribution in [1.82, 2.24) is 4.90 Å². The molecule has 0 heterocycles. The van der Waals surface area contributed by atoms with Gasteiger partial charge in [0.15, 0.2) is 0 Å². The summed E-state index contributed by atoms with van der Waals surface area (Å²) in [4.78, 5) is 14.2. The van der Waals surface area contributed by atoms with Crippen molar-refractivity contribution in [3.05, 3.63) is 11.1 Å². The van der Waals surface area contributed by atoms with Gasteiger partial charge in [-0.05, 0) is 44.1 Å². The van der Waals surface area contributed by atoms with E-state index in [9.17, 15) is 9.18 Å². The van der Waals surface area contributed by atoms with Crippen LogP contribution in [0.25, 0.3) is 0 Å². The first-order valence-corrected chi connectivity index (χ1v) is 7.27. The largest absolute Gasteiger partial charge is 0.340 e. The van der Waals surface area contributed by atoms with E-state index in [1.165, 1.54) is 6.08 Å². The first-order valence-electron chi connectivity index (χ1n) is 6.90. The molecule has 0 spiro atoms. The van der Waals surface area contributed by atoms with Crippen molar-refractivity contribution in [2.75, 3.05) is 6.54 Å². The van der Waals surface area contributed by atoms with E-state index in [1.807, 2.05) is 4.90 Å². The van der Waals surface area contributed by atoms with Gasteiger partial charge in [-0.3, -0.25) is 4.79 Å². The van der Waals surface area contributed by atoms with Gasteiger partial charge in [-0.1, -0.05) is 18.5 Å². The minimum atomic E-state index is -0.982. The highest BCUT2D eigenvalue weighted by Gasteiger charge is 2.33. The maximum atomic E-state index is 13.4. The Balaban J connectivity index is 1.88. The molecule has 0 radical (unpaired) electrons. The van der Waals surface area contributed by atoms with Gasteiger partial charge < -0.3 is 4.90 Å². The standard InChI is InChI=1S/C14H21ClFNO/c1-2-5-17(13-3-4-13)14(18)8-10-6-11(15)9-12(16)7-10/h9-10,12-13H,2-8H2,1H3/t10-,12?/m1/s1. The van der Waals surface area contributed by atoms with E-state index in [-0.39, 0.29) is 11.8 Å². The average molecular weight is 274 g/mol. The van der Waals surface area contributed by atoms with Crippen molar-refractivity contribution in [3.63, 3.8) is 0 Å². The van der Waals surface area contributed by atoms with Crippen LogP contribution in [0.1, 0.15) is 45.4 Å². The topological polar surface area (TPSA) is 20.3 Å². The average Bonchev–Trinajstić information content (AvgIpc) is 3.07. The summed E-state index contributed by atoms with van der Waals surface area (Å²) in [7, 11) is 0. The molecule has 0 aromatic carbocycles. The van der Waals surface area contributed by atoms with Gasteiger partial charge in [0.1, 0.15) is 6.17 Å². The Morgan fingerprint density at radius 3 is 2.83 bits per heavy atom. The number of allylic oxidation sites excluding steroid dienone is 2. The van der Waals surface area contributed by atoms with Crippen LogP contribution in [0.2, 0.25) is 0 Å². The number of rotatable bonds is 5. The fourth-order valence-corrected chi connectivity index (χ4v) is 3.02. The zero-order chi connectivity index (χ0) is 13.1. The van der Waals surface area contributed by atoms with Gasteiger partial charge in [0.25, 0.3) is 0 Å². The lowest BCUT2D eigenvalue weighted by Gasteiger charge is -2.27. The van der Waals surface area contributed by atoms with Crippen molar-refractivity contribution in [3.8, 4) is 0 Å². The molecule has 0 saturated heterocycles. The summed E-state index contributed by atoms with van der Waals surface area (Å²) in [6, 6.07) is 0.452. The Labute approximate surface area is 113 Å². The maximum absolute atomic E-state index is 13.4. The number of carbonyl (C=O) groups excluding carboxylic acids is 1. The van der Waals surface area contributed by atoms with Crippen LogP contribution in [-0.2, 0) is 4.79 Å². The molecule has 4 heteroatoms. The molecular formula is C14H21ClFNO. The molecule has 0 aromatic heterocycles. The Hall–Kier alpha value is -0.570. The van der Waals surface area contributed by atoms with Gasteiger partial charge in [0.05, 0.1) is 0 Å². The second kappa shape index (κ2) is 6.05. The van der Waals surface area contributed by atoms with Crippen LogP contribution in [-0.4, -0.2) is 29.6 Å². The van der Waals surface area contributed by atoms with Crippen molar-refractivity contribution in [1.29, 1.82) is 0 Å². The number of alkyl halides is 1. The third-order valence-electron chi connectivity index (χ3n) is 3.64. The van der Waals surface area contributed by atoms with Crippen molar-refractivity contribution < 1.29 is 9.18 Å². The van der Waals surface area contributed by atoms with Gasteiger partial charge in [-0.15, -0.1) is 0 Å². The SMILES string of the molecule is CCCN(C(=O)C[C@@H]1CC(Cl)=CC(F)C1)C1CC1. The van der Waals surface area contributed by atoms with Crippen molar-refractivity contribution in [2.45, 2.75) is 57.7 Å². The molecule has 2 aliphatic carbocycles. The quantitative estimate of drug-likeness (QED) is 0.749. The molecule has 1 amide bonds. The second-order valence-electron chi connectivity index (χ2n) is 5.46. The summed E-state index contributed by atoms with van der Waals surface area (Å²) in [6.07, 6.45) is 5.26. The van der Waals surface area contributed by atoms with E-state index in [2.05, 4.69) is 6.92 Å². The Morgan fingerprint density at radius 1 is 1.56 bits per heavy atom. The molecule has 2 atom stereocenters. The normalized spacial score (nSPS) is 27.8. The molecular weight excluding hydrogens is 253 g/mol. The molecule has 1 fully saturated rings. The Bertz CT molecular complexity index is 341. The summed E-state index contributed by atoms with van der Waals surface area (Å²) in [5, 5.41) is 0.569. The Kier molecular flexibility index (Phi) is 4.66. The van der Waals surface area contributed by atoms with Crippen LogP contribution in [0, 0.1) is 5.92 Å². The number of carbonyl (C=O) groups is 1. The molecule has 1 saturated carbocycles. The van der Waals surface area contributed by atoms with Crippen LogP contribution < -0.4 is 0 Å². The van der Waals surface area contributed by atoms with E-state index in [4.69, 9.17) is 11.6 Å². The number of amides is 1. The maximum Gasteiger partial charge on any atom is 0.223 e. The van der Waals surface area contributed by atoms with Crippen molar-refractivity contribution in [2.24, 2.45) is 5.92 Å². The predicted octanol–water partition coefficient (Wildman–Crippen LogP) is 3.65. The van der Waals surface area contributed by atoms with Gasteiger partial charge in [0.2, 0.25) is 5.91 Å². The summed E-state index contributed by atoms with van der Waals surface area (Å²) >= 11 is 5.90. The lowest BCUT2D eigenvalue weighted by atomic mass is 9.90. The van der Waals surface area contributed by atoms with Crippen LogP contribution in [0.5, 0.6) is 0 Å². The molecule has 2 rings (SSSR count). The van der Waals surface area contributed by atoms with E-state index >= 15 is 0 Å². The van der Waals surface area contributed by atoms with E-state index in [0.717, 1.165) is 25.8 Å². The van der Waals surface area contributed by atoms with Crippen LogP contribution >= 0.6 is 11.6 Å². The molecule has 0 aliphatic heterocycles. The summed E-state index contributed by atoms with van der Waals surface area (Å²) in [5.41, 5.74) is 0. The highest BCUT2D eigenvalue weighted by molar-refractivity contribution is 6.29. The minimum absolute atomic E-state index is 0.0723. The highest BCUT2D eigenvalue weighted by atomic mass is 35.5. The second-order valence-corrected chi connectivity index (χ2v) is 5.94. The minimum Gasteiger partial charge on any atom is -0.340 e. The molecule has 0 aromatic rings. The summed E-state index contributed by atoms with van der Waals surface area (Å²) < 4.78 is 13.4. The fourth-order valence-electron chi connectivity index (χ4n) is 2.67. The third kappa shape index (κ3) is 3.71. The van der Waals surface area contributed by atoms with Crippen LogP contribution in [0.3, 0.4) is 0 Å². The van der Waals surface area contributed by atoms with Crippen LogP contribution in [0.15, 0.2) is 11.1 Å². The summed E-state index contributed by atoms with van der Waals surface area (Å²) in [6.45, 7) is 2.92. The molecule has 102 valence electrons. The lowest BCUT2D eigenvalue weighted by Crippen LogP contribution is -2.35. The van der Waals surface area contributed by atoms with E-state index in [0.29, 0.717) is 30.3 Å². The predicted molar refractivity (Wildman–Crippen MR) is 71.2 cm³/mol. The van der Waals surface area contributed by atoms with Gasteiger partial charge in [-0.25, -0.2) is 4.39 Å². The monoisotopic (exact) mass is 273 g/mol. The van der Waals surface area contributed by atoms with E-state index < -0.39 is 6.17 Å². The highest BCUT2D eigenvalue weighted by Crippen LogP contribution is 2.33. The molecule has 0 bridgehead atoms. The number of hydrogen-bond donors (Lipinski definition) is 0.